The highest BCUT2D eigenvalue weighted by Crippen LogP contribution is 2.37. The Labute approximate surface area is 216 Å². The van der Waals surface area contributed by atoms with Crippen molar-refractivity contribution in [1.82, 2.24) is 15.2 Å². The molecule has 0 spiro atoms. The number of hydrogen-bond donors (Lipinski definition) is 2. The molecule has 0 aliphatic carbocycles. The first-order chi connectivity index (χ1) is 17.3. The molecule has 1 aromatic carbocycles. The summed E-state index contributed by atoms with van der Waals surface area (Å²) in [5, 5.41) is 15.0. The Morgan fingerprint density at radius 3 is 2.89 bits per heavy atom. The van der Waals surface area contributed by atoms with Crippen LogP contribution in [-0.4, -0.2) is 71.7 Å². The topological polar surface area (TPSA) is 113 Å². The van der Waals surface area contributed by atoms with Crippen molar-refractivity contribution in [2.24, 2.45) is 4.99 Å². The van der Waals surface area contributed by atoms with Gasteiger partial charge in [-0.2, -0.15) is 0 Å². The Hall–Kier alpha value is -2.86. The molecule has 0 saturated carbocycles. The minimum absolute atomic E-state index is 0.00909. The van der Waals surface area contributed by atoms with E-state index < -0.39 is 23.8 Å². The lowest BCUT2D eigenvalue weighted by atomic mass is 9.94. The molecule has 2 aliphatic heterocycles. The van der Waals surface area contributed by atoms with Crippen LogP contribution in [0.4, 0.5) is 4.39 Å². The zero-order valence-corrected chi connectivity index (χ0v) is 21.3. The monoisotopic (exact) mass is 536 g/mol. The van der Waals surface area contributed by atoms with Crippen LogP contribution in [0.3, 0.4) is 0 Å². The standard InChI is InChI=1S/C24H26ClFN4O5S/c1-13-18(5-6-19(31)32)30(8-9-35-13)12-17-20(24(33)34-2)21(15-4-3-14(26)11-16(15)25)29-22(28-17)23-27-7-10-36-23/h3-4,7,10-11,13,18,21H,5-6,8-9,12H2,1-2H3,(H,28,29)(H,31,32)/t13-,18-,21+/m1/s1. The second-order valence-corrected chi connectivity index (χ2v) is 9.74. The number of carboxylic acid groups (broad SMARTS) is 1. The lowest BCUT2D eigenvalue weighted by Crippen LogP contribution is -2.52. The van der Waals surface area contributed by atoms with E-state index in [2.05, 4.69) is 15.2 Å². The molecule has 3 atom stereocenters. The number of aliphatic imine (C=N–C) groups is 1. The van der Waals surface area contributed by atoms with Crippen LogP contribution in [0.5, 0.6) is 0 Å². The molecule has 12 heteroatoms. The van der Waals surface area contributed by atoms with Gasteiger partial charge in [-0.15, -0.1) is 11.3 Å². The molecule has 9 nitrogen and oxygen atoms in total. The second kappa shape index (κ2) is 11.5. The van der Waals surface area contributed by atoms with E-state index in [1.807, 2.05) is 12.3 Å². The Balaban J connectivity index is 1.78. The fraction of sp³-hybridized carbons (Fsp3) is 0.417. The number of aromatic nitrogens is 1. The Kier molecular flexibility index (Phi) is 8.35. The zero-order chi connectivity index (χ0) is 25.8. The summed E-state index contributed by atoms with van der Waals surface area (Å²) in [6.45, 7) is 3.19. The summed E-state index contributed by atoms with van der Waals surface area (Å²) in [6, 6.07) is 2.90. The van der Waals surface area contributed by atoms with Crippen molar-refractivity contribution in [3.63, 3.8) is 0 Å². The highest BCUT2D eigenvalue weighted by atomic mass is 35.5. The number of morpholine rings is 1. The van der Waals surface area contributed by atoms with Crippen LogP contribution in [0, 0.1) is 5.82 Å². The van der Waals surface area contributed by atoms with Crippen molar-refractivity contribution in [3.8, 4) is 0 Å². The molecule has 0 bridgehead atoms. The smallest absolute Gasteiger partial charge is 0.338 e. The summed E-state index contributed by atoms with van der Waals surface area (Å²) in [4.78, 5) is 35.5. The number of methoxy groups -OCH3 is 1. The van der Waals surface area contributed by atoms with Crippen molar-refractivity contribution in [3.05, 3.63) is 62.5 Å². The molecule has 0 amide bonds. The van der Waals surface area contributed by atoms with E-state index in [9.17, 15) is 19.1 Å². The quantitative estimate of drug-likeness (QED) is 0.493. The number of ether oxygens (including phenoxy) is 2. The van der Waals surface area contributed by atoms with Gasteiger partial charge in [-0.3, -0.25) is 14.7 Å². The highest BCUT2D eigenvalue weighted by molar-refractivity contribution is 7.11. The van der Waals surface area contributed by atoms with E-state index in [0.29, 0.717) is 41.7 Å². The zero-order valence-electron chi connectivity index (χ0n) is 19.7. The third kappa shape index (κ3) is 5.75. The normalized spacial score (nSPS) is 22.7. The minimum Gasteiger partial charge on any atom is -0.481 e. The van der Waals surface area contributed by atoms with Gasteiger partial charge in [0.15, 0.2) is 10.8 Å². The largest absolute Gasteiger partial charge is 0.481 e. The summed E-state index contributed by atoms with van der Waals surface area (Å²) in [5.74, 6) is -1.55. The van der Waals surface area contributed by atoms with Gasteiger partial charge >= 0.3 is 11.9 Å². The number of carboxylic acids is 1. The highest BCUT2D eigenvalue weighted by Gasteiger charge is 2.37. The first kappa shape index (κ1) is 26.2. The van der Waals surface area contributed by atoms with Gasteiger partial charge in [0, 0.05) is 53.4 Å². The molecular weight excluding hydrogens is 511 g/mol. The van der Waals surface area contributed by atoms with E-state index in [1.165, 1.54) is 36.6 Å². The van der Waals surface area contributed by atoms with E-state index in [4.69, 9.17) is 26.1 Å². The van der Waals surface area contributed by atoms with Gasteiger partial charge in [-0.1, -0.05) is 17.7 Å². The number of hydrogen-bond acceptors (Lipinski definition) is 9. The van der Waals surface area contributed by atoms with Crippen LogP contribution in [0.25, 0.3) is 0 Å². The van der Waals surface area contributed by atoms with Gasteiger partial charge in [-0.25, -0.2) is 14.2 Å². The van der Waals surface area contributed by atoms with Crippen LogP contribution in [0.15, 0.2) is 46.0 Å². The number of thiazole rings is 1. The van der Waals surface area contributed by atoms with Crippen LogP contribution in [0.2, 0.25) is 5.02 Å². The molecule has 1 aromatic heterocycles. The maximum Gasteiger partial charge on any atom is 0.338 e. The van der Waals surface area contributed by atoms with Crippen molar-refractivity contribution in [1.29, 1.82) is 0 Å². The molecule has 3 heterocycles. The van der Waals surface area contributed by atoms with Gasteiger partial charge in [0.1, 0.15) is 11.9 Å². The van der Waals surface area contributed by atoms with Crippen LogP contribution < -0.4 is 5.32 Å². The van der Waals surface area contributed by atoms with Gasteiger partial charge in [0.2, 0.25) is 0 Å². The Morgan fingerprint density at radius 1 is 1.42 bits per heavy atom. The predicted molar refractivity (Wildman–Crippen MR) is 133 cm³/mol. The molecule has 4 rings (SSSR count). The van der Waals surface area contributed by atoms with E-state index >= 15 is 0 Å². The first-order valence-electron chi connectivity index (χ1n) is 11.4. The molecule has 36 heavy (non-hydrogen) atoms. The first-order valence-corrected chi connectivity index (χ1v) is 12.6. The van der Waals surface area contributed by atoms with Gasteiger partial charge in [0.25, 0.3) is 0 Å². The Bertz CT molecular complexity index is 1190. The van der Waals surface area contributed by atoms with Crippen molar-refractivity contribution >= 4 is 40.7 Å². The SMILES string of the molecule is COC(=O)C1=C(CN2CCO[C@H](C)[C@H]2CCC(=O)O)NC(c2nccs2)=N[C@H]1c1ccc(F)cc1Cl. The lowest BCUT2D eigenvalue weighted by Gasteiger charge is -2.41. The number of aliphatic carboxylic acids is 1. The van der Waals surface area contributed by atoms with E-state index in [0.717, 1.165) is 0 Å². The molecule has 1 fully saturated rings. The molecule has 0 unspecified atom stereocenters. The number of amidine groups is 1. The summed E-state index contributed by atoms with van der Waals surface area (Å²) < 4.78 is 24.7. The summed E-state index contributed by atoms with van der Waals surface area (Å²) >= 11 is 7.78. The number of esters is 1. The predicted octanol–water partition coefficient (Wildman–Crippen LogP) is 3.41. The van der Waals surface area contributed by atoms with Crippen molar-refractivity contribution in [2.75, 3.05) is 26.8 Å². The van der Waals surface area contributed by atoms with Crippen LogP contribution in [-0.2, 0) is 19.1 Å². The number of nitrogens with one attached hydrogen (secondary N) is 1. The molecule has 2 N–H and O–H groups in total. The summed E-state index contributed by atoms with van der Waals surface area (Å²) in [7, 11) is 1.28. The number of benzene rings is 1. The van der Waals surface area contributed by atoms with E-state index in [1.54, 1.807) is 6.20 Å². The van der Waals surface area contributed by atoms with Crippen molar-refractivity contribution < 1.29 is 28.6 Å². The number of carbonyl (C=O) groups is 2. The number of rotatable bonds is 8. The third-order valence-electron chi connectivity index (χ3n) is 6.21. The number of carbonyl (C=O) groups excluding carboxylic acids is 1. The number of nitrogens with zero attached hydrogens (tertiary/aromatic N) is 3. The molecule has 0 radical (unpaired) electrons. The summed E-state index contributed by atoms with van der Waals surface area (Å²) in [6.07, 6.45) is 1.83. The summed E-state index contributed by atoms with van der Waals surface area (Å²) in [5.41, 5.74) is 1.22. The third-order valence-corrected chi connectivity index (χ3v) is 7.32. The Morgan fingerprint density at radius 2 is 2.22 bits per heavy atom. The minimum atomic E-state index is -0.887. The van der Waals surface area contributed by atoms with Crippen LogP contribution in [0.1, 0.15) is 36.4 Å². The second-order valence-electron chi connectivity index (χ2n) is 8.44. The maximum atomic E-state index is 13.8. The van der Waals surface area contributed by atoms with Gasteiger partial charge in [-0.05, 0) is 25.5 Å². The molecule has 2 aliphatic rings. The number of halogens is 2. The van der Waals surface area contributed by atoms with Gasteiger partial charge in [0.05, 0.1) is 25.4 Å². The fourth-order valence-electron chi connectivity index (χ4n) is 4.49. The lowest BCUT2D eigenvalue weighted by molar-refractivity contribution is -0.138. The average Bonchev–Trinajstić information content (AvgIpc) is 3.38. The average molecular weight is 537 g/mol. The van der Waals surface area contributed by atoms with E-state index in [-0.39, 0.29) is 35.7 Å². The molecule has 2 aromatic rings. The van der Waals surface area contributed by atoms with Crippen LogP contribution >= 0.6 is 22.9 Å². The maximum absolute atomic E-state index is 13.8. The van der Waals surface area contributed by atoms with Gasteiger partial charge < -0.3 is 19.9 Å². The molecule has 1 saturated heterocycles. The molecular formula is C24H26ClFN4O5S. The van der Waals surface area contributed by atoms with Crippen molar-refractivity contribution in [2.45, 2.75) is 38.0 Å². The molecule has 192 valence electrons. The fourth-order valence-corrected chi connectivity index (χ4v) is 5.34.